The van der Waals surface area contributed by atoms with Gasteiger partial charge < -0.3 is 19.5 Å². The Morgan fingerprint density at radius 1 is 1.23 bits per heavy atom. The molecule has 1 atom stereocenters. The highest BCUT2D eigenvalue weighted by Gasteiger charge is 2.51. The number of carboxylic acids is 1. The molecule has 4 aliphatic rings. The zero-order chi connectivity index (χ0) is 24.8. The normalized spacial score (nSPS) is 26.4. The molecule has 2 saturated carbocycles. The Morgan fingerprint density at radius 2 is 1.91 bits per heavy atom. The Kier molecular flexibility index (Phi) is 6.11. The summed E-state index contributed by atoms with van der Waals surface area (Å²) in [5, 5.41) is 13.7. The zero-order valence-corrected chi connectivity index (χ0v) is 20.8. The van der Waals surface area contributed by atoms with Gasteiger partial charge in [-0.1, -0.05) is 24.3 Å². The van der Waals surface area contributed by atoms with Crippen molar-refractivity contribution in [2.75, 3.05) is 13.7 Å². The van der Waals surface area contributed by atoms with Gasteiger partial charge in [-0.15, -0.1) is 0 Å². The van der Waals surface area contributed by atoms with E-state index in [4.69, 9.17) is 9.47 Å². The number of hydrogen-bond acceptors (Lipinski definition) is 5. The smallest absolute Gasteiger partial charge is 0.410 e. The third kappa shape index (κ3) is 4.56. The minimum atomic E-state index is -0.786. The second-order valence-corrected chi connectivity index (χ2v) is 10.8. The fourth-order valence-corrected chi connectivity index (χ4v) is 5.81. The van der Waals surface area contributed by atoms with Gasteiger partial charge >= 0.3 is 12.1 Å². The van der Waals surface area contributed by atoms with Gasteiger partial charge in [-0.25, -0.2) is 4.79 Å². The summed E-state index contributed by atoms with van der Waals surface area (Å²) >= 11 is 0. The van der Waals surface area contributed by atoms with E-state index in [1.165, 1.54) is 18.4 Å². The Labute approximate surface area is 206 Å². The Hall–Kier alpha value is -2.87. The summed E-state index contributed by atoms with van der Waals surface area (Å²) < 4.78 is 13.5. The van der Waals surface area contributed by atoms with Gasteiger partial charge in [0.2, 0.25) is 0 Å². The highest BCUT2D eigenvalue weighted by Crippen LogP contribution is 2.51. The average molecular weight is 482 g/mol. The highest BCUT2D eigenvalue weighted by molar-refractivity contribution is 5.69. The van der Waals surface area contributed by atoms with Gasteiger partial charge in [0.05, 0.1) is 30.5 Å². The van der Waals surface area contributed by atoms with Crippen LogP contribution in [0.5, 0.6) is 0 Å². The Morgan fingerprint density at radius 3 is 2.49 bits per heavy atom. The van der Waals surface area contributed by atoms with Crippen LogP contribution in [0.15, 0.2) is 30.5 Å². The molecule has 0 spiro atoms. The van der Waals surface area contributed by atoms with Crippen LogP contribution in [0.2, 0.25) is 0 Å². The molecular formula is C27H35N3O5. The summed E-state index contributed by atoms with van der Waals surface area (Å²) in [5.74, 6) is -0.198. The quantitative estimate of drug-likeness (QED) is 0.596. The number of benzene rings is 1. The van der Waals surface area contributed by atoms with Crippen molar-refractivity contribution in [3.63, 3.8) is 0 Å². The molecule has 35 heavy (non-hydrogen) atoms. The minimum Gasteiger partial charge on any atom is -0.481 e. The monoisotopic (exact) mass is 481 g/mol. The molecule has 0 radical (unpaired) electrons. The first kappa shape index (κ1) is 23.9. The molecule has 2 aromatic rings. The minimum absolute atomic E-state index is 0.0467. The number of aryl methyl sites for hydroxylation is 1. The molecular weight excluding hydrogens is 446 g/mol. The molecule has 3 heterocycles. The number of amides is 1. The van der Waals surface area contributed by atoms with E-state index >= 15 is 0 Å². The summed E-state index contributed by atoms with van der Waals surface area (Å²) in [6.07, 6.45) is 7.42. The summed E-state index contributed by atoms with van der Waals surface area (Å²) in [6.45, 7) is 2.81. The van der Waals surface area contributed by atoms with Gasteiger partial charge in [-0.2, -0.15) is 5.10 Å². The summed E-state index contributed by atoms with van der Waals surface area (Å²) in [6, 6.07) is 8.70. The van der Waals surface area contributed by atoms with Crippen LogP contribution in [-0.4, -0.2) is 57.1 Å². The summed E-state index contributed by atoms with van der Waals surface area (Å²) in [7, 11) is 3.67. The number of nitrogens with zero attached hydrogens (tertiary/aromatic N) is 3. The maximum absolute atomic E-state index is 12.6. The highest BCUT2D eigenvalue weighted by atomic mass is 16.6. The lowest BCUT2D eigenvalue weighted by molar-refractivity contribution is -0.174. The van der Waals surface area contributed by atoms with E-state index in [2.05, 4.69) is 36.3 Å². The topological polar surface area (TPSA) is 93.9 Å². The predicted molar refractivity (Wildman–Crippen MR) is 130 cm³/mol. The van der Waals surface area contributed by atoms with Crippen LogP contribution in [0.4, 0.5) is 4.79 Å². The number of aliphatic carboxylic acids is 1. The van der Waals surface area contributed by atoms with Gasteiger partial charge in [-0.05, 0) is 62.5 Å². The van der Waals surface area contributed by atoms with E-state index in [0.29, 0.717) is 12.5 Å². The Balaban J connectivity index is 1.27. The van der Waals surface area contributed by atoms with Crippen LogP contribution in [-0.2, 0) is 33.3 Å². The van der Waals surface area contributed by atoms with Gasteiger partial charge in [0.25, 0.3) is 0 Å². The number of ether oxygens (including phenoxy) is 2. The zero-order valence-electron chi connectivity index (χ0n) is 20.8. The lowest BCUT2D eigenvalue weighted by Crippen LogP contribution is -2.54. The molecule has 4 fully saturated rings. The van der Waals surface area contributed by atoms with Crippen molar-refractivity contribution < 1.29 is 24.2 Å². The van der Waals surface area contributed by atoms with Crippen molar-refractivity contribution in [1.82, 2.24) is 14.7 Å². The van der Waals surface area contributed by atoms with Crippen LogP contribution < -0.4 is 0 Å². The Bertz CT molecular complexity index is 1080. The van der Waals surface area contributed by atoms with Gasteiger partial charge in [0.15, 0.2) is 0 Å². The molecule has 2 bridgehead atoms. The van der Waals surface area contributed by atoms with E-state index in [1.54, 1.807) is 16.6 Å². The van der Waals surface area contributed by atoms with E-state index < -0.39 is 11.6 Å². The van der Waals surface area contributed by atoms with E-state index in [9.17, 15) is 14.7 Å². The SMILES string of the molecule is CC(C1CC1)N(C)C(=O)OCc1c(-c2ccc(C34CCC(CC(=O)O)(CC3)OC4)cc2)cnn1C. The maximum atomic E-state index is 12.6. The van der Waals surface area contributed by atoms with Crippen molar-refractivity contribution in [2.45, 2.75) is 75.5 Å². The fraction of sp³-hybridized carbons (Fsp3) is 0.593. The van der Waals surface area contributed by atoms with Crippen molar-refractivity contribution >= 4 is 12.1 Å². The van der Waals surface area contributed by atoms with Crippen molar-refractivity contribution in [2.24, 2.45) is 13.0 Å². The maximum Gasteiger partial charge on any atom is 0.410 e. The number of fused-ring (bicyclic) bond motifs is 3. The molecule has 2 saturated heterocycles. The van der Waals surface area contributed by atoms with Gasteiger partial charge in [-0.3, -0.25) is 9.48 Å². The first-order chi connectivity index (χ1) is 16.7. The van der Waals surface area contributed by atoms with Crippen LogP contribution in [0, 0.1) is 5.92 Å². The van der Waals surface area contributed by atoms with Crippen LogP contribution in [0.25, 0.3) is 11.1 Å². The number of carbonyl (C=O) groups is 2. The lowest BCUT2D eigenvalue weighted by atomic mass is 9.62. The summed E-state index contributed by atoms with van der Waals surface area (Å²) in [5.41, 5.74) is 3.53. The predicted octanol–water partition coefficient (Wildman–Crippen LogP) is 4.51. The van der Waals surface area contributed by atoms with Crippen LogP contribution >= 0.6 is 0 Å². The van der Waals surface area contributed by atoms with E-state index in [-0.39, 0.29) is 30.6 Å². The molecule has 1 aromatic carbocycles. The van der Waals surface area contributed by atoms with Crippen molar-refractivity contribution in [3.05, 3.63) is 41.7 Å². The van der Waals surface area contributed by atoms with E-state index in [0.717, 1.165) is 42.5 Å². The first-order valence-electron chi connectivity index (χ1n) is 12.6. The number of aromatic nitrogens is 2. The molecule has 1 amide bonds. The van der Waals surface area contributed by atoms with Gasteiger partial charge in [0.1, 0.15) is 6.61 Å². The number of carboxylic acid groups (broad SMARTS) is 1. The van der Waals surface area contributed by atoms with Crippen molar-refractivity contribution in [3.8, 4) is 11.1 Å². The molecule has 188 valence electrons. The largest absolute Gasteiger partial charge is 0.481 e. The van der Waals surface area contributed by atoms with Crippen LogP contribution in [0.3, 0.4) is 0 Å². The first-order valence-corrected chi connectivity index (χ1v) is 12.6. The van der Waals surface area contributed by atoms with E-state index in [1.807, 2.05) is 13.2 Å². The molecule has 8 heteroatoms. The molecule has 1 N–H and O–H groups in total. The standard InChI is InChI=1S/C27H35N3O5/c1-18(19-4-5-19)29(2)25(33)34-16-23-22(15-28-30(23)3)20-6-8-21(9-7-20)26-10-12-27(13-11-26,35-17-26)14-24(31)32/h6-9,15,18-19H,4-5,10-14,16-17H2,1-3H3,(H,31,32). The molecule has 2 aliphatic heterocycles. The number of carbonyl (C=O) groups excluding carboxylic acids is 1. The fourth-order valence-electron chi connectivity index (χ4n) is 5.81. The third-order valence-corrected chi connectivity index (χ3v) is 8.65. The van der Waals surface area contributed by atoms with Crippen LogP contribution in [0.1, 0.15) is 63.1 Å². The molecule has 6 rings (SSSR count). The third-order valence-electron chi connectivity index (χ3n) is 8.65. The molecule has 2 aliphatic carbocycles. The number of hydrogen-bond donors (Lipinski definition) is 1. The average Bonchev–Trinajstić information content (AvgIpc) is 3.65. The molecule has 8 nitrogen and oxygen atoms in total. The lowest BCUT2D eigenvalue weighted by Gasteiger charge is -2.53. The molecule has 1 unspecified atom stereocenters. The van der Waals surface area contributed by atoms with Gasteiger partial charge in [0, 0.05) is 31.1 Å². The second kappa shape index (κ2) is 8.97. The second-order valence-electron chi connectivity index (χ2n) is 10.8. The number of rotatable bonds is 8. The van der Waals surface area contributed by atoms with Crippen molar-refractivity contribution in [1.29, 1.82) is 0 Å². The molecule has 1 aromatic heterocycles. The summed E-state index contributed by atoms with van der Waals surface area (Å²) in [4.78, 5) is 25.5.